The molecule has 0 saturated carbocycles. The Hall–Kier alpha value is -3.12. The number of fused-ring (bicyclic) bond motifs is 5. The lowest BCUT2D eigenvalue weighted by atomic mass is 10.1. The van der Waals surface area contributed by atoms with Gasteiger partial charge in [0.1, 0.15) is 12.4 Å². The predicted molar refractivity (Wildman–Crippen MR) is 102 cm³/mol. The van der Waals surface area contributed by atoms with Crippen molar-refractivity contribution in [2.45, 2.75) is 20.1 Å². The molecule has 1 aliphatic rings. The number of halogens is 1. The van der Waals surface area contributed by atoms with Crippen LogP contribution in [0, 0.1) is 6.92 Å². The van der Waals surface area contributed by atoms with Gasteiger partial charge in [-0.25, -0.2) is 4.98 Å². The second-order valence-corrected chi connectivity index (χ2v) is 6.87. The molecule has 2 aromatic heterocycles. The Kier molecular flexibility index (Phi) is 3.72. The van der Waals surface area contributed by atoms with E-state index in [1.807, 2.05) is 61.8 Å². The zero-order chi connectivity index (χ0) is 18.4. The molecule has 0 spiro atoms. The van der Waals surface area contributed by atoms with Crippen molar-refractivity contribution in [3.05, 3.63) is 77.1 Å². The first-order chi connectivity index (χ1) is 13.2. The molecule has 0 atom stereocenters. The number of ether oxygens (including phenoxy) is 1. The third-order valence-electron chi connectivity index (χ3n) is 4.78. The van der Waals surface area contributed by atoms with Crippen molar-refractivity contribution < 1.29 is 4.74 Å². The molecule has 0 N–H and O–H groups in total. The van der Waals surface area contributed by atoms with Crippen molar-refractivity contribution in [2.75, 3.05) is 0 Å². The van der Waals surface area contributed by atoms with Gasteiger partial charge < -0.3 is 13.9 Å². The minimum Gasteiger partial charge on any atom is -0.486 e. The summed E-state index contributed by atoms with van der Waals surface area (Å²) in [6, 6.07) is 15.5. The molecule has 0 saturated heterocycles. The van der Waals surface area contributed by atoms with Crippen molar-refractivity contribution in [3.8, 4) is 22.8 Å². The molecule has 4 aromatic rings. The molecule has 7 heteroatoms. The number of benzene rings is 2. The molecule has 0 radical (unpaired) electrons. The molecule has 1 aliphatic heterocycles. The summed E-state index contributed by atoms with van der Waals surface area (Å²) in [5.74, 6) is 2.34. The number of para-hydroxylation sites is 1. The third kappa shape index (κ3) is 2.69. The molecule has 0 amide bonds. The van der Waals surface area contributed by atoms with Gasteiger partial charge in [0.15, 0.2) is 11.6 Å². The summed E-state index contributed by atoms with van der Waals surface area (Å²) in [6.07, 6.45) is 1.84. The van der Waals surface area contributed by atoms with Gasteiger partial charge in [0.2, 0.25) is 0 Å². The Morgan fingerprint density at radius 3 is 2.81 bits per heavy atom. The number of rotatable bonds is 3. The molecule has 134 valence electrons. The minimum absolute atomic E-state index is 0.333. The van der Waals surface area contributed by atoms with Crippen molar-refractivity contribution in [2.24, 2.45) is 0 Å². The van der Waals surface area contributed by atoms with Crippen molar-refractivity contribution in [3.63, 3.8) is 0 Å². The van der Waals surface area contributed by atoms with Crippen LogP contribution in [0.2, 0.25) is 5.02 Å². The van der Waals surface area contributed by atoms with Crippen LogP contribution >= 0.6 is 11.6 Å². The number of hydrogen-bond donors (Lipinski definition) is 0. The van der Waals surface area contributed by atoms with E-state index < -0.39 is 0 Å². The average Bonchev–Trinajstić information content (AvgIpc) is 3.22. The summed E-state index contributed by atoms with van der Waals surface area (Å²) in [6.45, 7) is 2.96. The van der Waals surface area contributed by atoms with Crippen LogP contribution in [0.3, 0.4) is 0 Å². The van der Waals surface area contributed by atoms with Gasteiger partial charge in [-0.3, -0.25) is 0 Å². The van der Waals surface area contributed by atoms with Gasteiger partial charge in [-0.2, -0.15) is 0 Å². The normalized spacial score (nSPS) is 12.1. The van der Waals surface area contributed by atoms with Crippen LogP contribution in [0.4, 0.5) is 0 Å². The highest BCUT2D eigenvalue weighted by molar-refractivity contribution is 6.31. The van der Waals surface area contributed by atoms with E-state index in [4.69, 9.17) is 16.3 Å². The van der Waals surface area contributed by atoms with Gasteiger partial charge in [0, 0.05) is 10.6 Å². The van der Waals surface area contributed by atoms with Crippen LogP contribution in [0.25, 0.3) is 17.1 Å². The van der Waals surface area contributed by atoms with Gasteiger partial charge in [-0.05, 0) is 37.3 Å². The van der Waals surface area contributed by atoms with Crippen molar-refractivity contribution in [1.82, 2.24) is 24.3 Å². The molecule has 3 heterocycles. The van der Waals surface area contributed by atoms with E-state index in [1.54, 1.807) is 0 Å². The lowest BCUT2D eigenvalue weighted by molar-refractivity contribution is 0.290. The van der Waals surface area contributed by atoms with Gasteiger partial charge in [0.25, 0.3) is 0 Å². The Bertz CT molecular complexity index is 1130. The van der Waals surface area contributed by atoms with Gasteiger partial charge in [-0.15, -0.1) is 10.2 Å². The molecule has 0 unspecified atom stereocenters. The summed E-state index contributed by atoms with van der Waals surface area (Å²) < 4.78 is 10.1. The van der Waals surface area contributed by atoms with Crippen LogP contribution in [-0.2, 0) is 13.2 Å². The Balaban J connectivity index is 1.61. The SMILES string of the molecule is Cc1ncn2c1Cn1c(COc3ccccc3)nnc1-c1cc(Cl)ccc1-2. The maximum atomic E-state index is 6.27. The zero-order valence-corrected chi connectivity index (χ0v) is 15.4. The maximum absolute atomic E-state index is 6.27. The summed E-state index contributed by atoms with van der Waals surface area (Å²) in [7, 11) is 0. The van der Waals surface area contributed by atoms with Gasteiger partial charge in [-0.1, -0.05) is 29.8 Å². The average molecular weight is 378 g/mol. The third-order valence-corrected chi connectivity index (χ3v) is 5.02. The molecule has 6 nitrogen and oxygen atoms in total. The van der Waals surface area contributed by atoms with Crippen molar-refractivity contribution >= 4 is 11.6 Å². The zero-order valence-electron chi connectivity index (χ0n) is 14.6. The number of imidazole rings is 1. The maximum Gasteiger partial charge on any atom is 0.171 e. The fourth-order valence-corrected chi connectivity index (χ4v) is 3.55. The Labute approximate surface area is 161 Å². The summed E-state index contributed by atoms with van der Waals surface area (Å²) >= 11 is 6.27. The summed E-state index contributed by atoms with van der Waals surface area (Å²) in [5.41, 5.74) is 4.00. The number of nitrogens with zero attached hydrogens (tertiary/aromatic N) is 5. The lowest BCUT2D eigenvalue weighted by Crippen LogP contribution is -2.10. The van der Waals surface area contributed by atoms with E-state index in [0.29, 0.717) is 18.2 Å². The van der Waals surface area contributed by atoms with Crippen LogP contribution in [0.1, 0.15) is 17.2 Å². The molecule has 0 bridgehead atoms. The highest BCUT2D eigenvalue weighted by atomic mass is 35.5. The topological polar surface area (TPSA) is 57.8 Å². The first kappa shape index (κ1) is 16.1. The van der Waals surface area contributed by atoms with E-state index in [-0.39, 0.29) is 0 Å². The van der Waals surface area contributed by atoms with Crippen LogP contribution < -0.4 is 4.74 Å². The first-order valence-corrected chi connectivity index (χ1v) is 9.01. The van der Waals surface area contributed by atoms with E-state index in [0.717, 1.165) is 40.0 Å². The summed E-state index contributed by atoms with van der Waals surface area (Å²) in [5, 5.41) is 9.49. The Morgan fingerprint density at radius 1 is 1.11 bits per heavy atom. The standard InChI is InChI=1S/C20H16ClN5O/c1-13-18-10-25-19(11-27-15-5-3-2-4-6-15)23-24-20(25)16-9-14(21)7-8-17(16)26(18)12-22-13/h2-9,12H,10-11H2,1H3. The Morgan fingerprint density at radius 2 is 1.96 bits per heavy atom. The smallest absolute Gasteiger partial charge is 0.171 e. The predicted octanol–water partition coefficient (Wildman–Crippen LogP) is 4.03. The number of aromatic nitrogens is 5. The highest BCUT2D eigenvalue weighted by Gasteiger charge is 2.25. The second-order valence-electron chi connectivity index (χ2n) is 6.44. The van der Waals surface area contributed by atoms with E-state index in [9.17, 15) is 0 Å². The van der Waals surface area contributed by atoms with Crippen LogP contribution in [0.15, 0.2) is 54.9 Å². The molecule has 0 aliphatic carbocycles. The minimum atomic E-state index is 0.333. The van der Waals surface area contributed by atoms with E-state index in [2.05, 4.69) is 24.3 Å². The monoisotopic (exact) mass is 377 g/mol. The molecule has 5 rings (SSSR count). The fourth-order valence-electron chi connectivity index (χ4n) is 3.38. The largest absolute Gasteiger partial charge is 0.486 e. The van der Waals surface area contributed by atoms with Gasteiger partial charge in [0.05, 0.1) is 29.9 Å². The van der Waals surface area contributed by atoms with Crippen molar-refractivity contribution in [1.29, 1.82) is 0 Å². The molecule has 27 heavy (non-hydrogen) atoms. The van der Waals surface area contributed by atoms with E-state index in [1.165, 1.54) is 0 Å². The highest BCUT2D eigenvalue weighted by Crippen LogP contribution is 2.34. The summed E-state index contributed by atoms with van der Waals surface area (Å²) in [4.78, 5) is 4.49. The number of hydrogen-bond acceptors (Lipinski definition) is 4. The second kappa shape index (κ2) is 6.25. The van der Waals surface area contributed by atoms with Gasteiger partial charge >= 0.3 is 0 Å². The fraction of sp³-hybridized carbons (Fsp3) is 0.150. The van der Waals surface area contributed by atoms with Crippen LogP contribution in [0.5, 0.6) is 5.75 Å². The van der Waals surface area contributed by atoms with Crippen LogP contribution in [-0.4, -0.2) is 24.3 Å². The first-order valence-electron chi connectivity index (χ1n) is 8.64. The lowest BCUT2D eigenvalue weighted by Gasteiger charge is -2.09. The number of aryl methyl sites for hydroxylation is 1. The molecule has 0 fully saturated rings. The molecular weight excluding hydrogens is 362 g/mol. The molecular formula is C20H16ClN5O. The molecule has 2 aromatic carbocycles. The van der Waals surface area contributed by atoms with E-state index >= 15 is 0 Å². The quantitative estimate of drug-likeness (QED) is 0.476.